The molecule has 0 radical (unpaired) electrons. The van der Waals surface area contributed by atoms with Crippen LogP contribution in [0.3, 0.4) is 0 Å². The Morgan fingerprint density at radius 3 is 2.57 bits per heavy atom. The maximum absolute atomic E-state index is 6.38. The predicted molar refractivity (Wildman–Crippen MR) is 94.5 cm³/mol. The first-order valence-corrected chi connectivity index (χ1v) is 9.24. The fourth-order valence-electron chi connectivity index (χ4n) is 4.06. The molecule has 1 N–H and O–H groups in total. The lowest BCUT2D eigenvalue weighted by molar-refractivity contribution is 0.247. The molecule has 2 unspecified atom stereocenters. The number of benzene rings is 1. The van der Waals surface area contributed by atoms with Crippen LogP contribution in [0.5, 0.6) is 0 Å². The molecule has 2 bridgehead atoms. The van der Waals surface area contributed by atoms with E-state index in [1.807, 2.05) is 0 Å². The number of fused-ring (bicyclic) bond motifs is 2. The topological polar surface area (TPSA) is 15.3 Å². The van der Waals surface area contributed by atoms with Crippen LogP contribution < -0.4 is 10.2 Å². The molecule has 2 saturated heterocycles. The molecule has 4 heteroatoms. The van der Waals surface area contributed by atoms with Crippen LogP contribution >= 0.6 is 27.5 Å². The largest absolute Gasteiger partial charge is 0.364 e. The molecule has 0 amide bonds. The van der Waals surface area contributed by atoms with Gasteiger partial charge in [0.05, 0.1) is 5.69 Å². The van der Waals surface area contributed by atoms with E-state index in [2.05, 4.69) is 52.1 Å². The summed E-state index contributed by atoms with van der Waals surface area (Å²) in [6.45, 7) is 5.34. The standard InChI is InChI=1S/C17H24BrClN2/c1-3-20-12-8-13-5-4-6-14(9-12)21(13)17-10-16(19)11(2)7-15(17)18/h7,10,12-14,20H,3-6,8-9H2,1-2H3. The molecule has 2 atom stereocenters. The van der Waals surface area contributed by atoms with Crippen molar-refractivity contribution < 1.29 is 0 Å². The van der Waals surface area contributed by atoms with Gasteiger partial charge in [-0.1, -0.05) is 18.5 Å². The van der Waals surface area contributed by atoms with Gasteiger partial charge in [0.2, 0.25) is 0 Å². The van der Waals surface area contributed by atoms with Crippen LogP contribution in [0.4, 0.5) is 5.69 Å². The Morgan fingerprint density at radius 2 is 1.95 bits per heavy atom. The Kier molecular flexibility index (Phi) is 4.82. The molecule has 116 valence electrons. The Morgan fingerprint density at radius 1 is 1.29 bits per heavy atom. The maximum atomic E-state index is 6.38. The molecule has 0 spiro atoms. The Bertz CT molecular complexity index is 506. The minimum absolute atomic E-state index is 0.650. The summed E-state index contributed by atoms with van der Waals surface area (Å²) in [4.78, 5) is 2.65. The van der Waals surface area contributed by atoms with E-state index < -0.39 is 0 Å². The highest BCUT2D eigenvalue weighted by molar-refractivity contribution is 9.10. The summed E-state index contributed by atoms with van der Waals surface area (Å²) < 4.78 is 1.18. The fraction of sp³-hybridized carbons (Fsp3) is 0.647. The molecule has 2 aliphatic heterocycles. The molecular formula is C17H24BrClN2. The van der Waals surface area contributed by atoms with Gasteiger partial charge in [0, 0.05) is 27.6 Å². The van der Waals surface area contributed by atoms with Crippen molar-refractivity contribution >= 4 is 33.2 Å². The zero-order valence-electron chi connectivity index (χ0n) is 12.8. The number of hydrogen-bond acceptors (Lipinski definition) is 2. The number of aryl methyl sites for hydroxylation is 1. The summed E-state index contributed by atoms with van der Waals surface area (Å²) in [5.41, 5.74) is 2.43. The smallest absolute Gasteiger partial charge is 0.0530 e. The predicted octanol–water partition coefficient (Wildman–Crippen LogP) is 4.91. The molecule has 21 heavy (non-hydrogen) atoms. The second kappa shape index (κ2) is 6.47. The third kappa shape index (κ3) is 3.11. The number of halogens is 2. The monoisotopic (exact) mass is 370 g/mol. The number of rotatable bonds is 3. The van der Waals surface area contributed by atoms with Gasteiger partial charge >= 0.3 is 0 Å². The number of anilines is 1. The van der Waals surface area contributed by atoms with E-state index in [9.17, 15) is 0 Å². The second-order valence-electron chi connectivity index (χ2n) is 6.42. The highest BCUT2D eigenvalue weighted by Crippen LogP contribution is 2.42. The van der Waals surface area contributed by atoms with Crippen LogP contribution in [-0.2, 0) is 0 Å². The zero-order chi connectivity index (χ0) is 15.0. The molecular weight excluding hydrogens is 348 g/mol. The number of nitrogens with one attached hydrogen (secondary N) is 1. The van der Waals surface area contributed by atoms with Gasteiger partial charge in [0.15, 0.2) is 0 Å². The van der Waals surface area contributed by atoms with Crippen molar-refractivity contribution in [1.82, 2.24) is 5.32 Å². The van der Waals surface area contributed by atoms with Crippen molar-refractivity contribution in [2.24, 2.45) is 0 Å². The lowest BCUT2D eigenvalue weighted by Gasteiger charge is -2.50. The molecule has 3 rings (SSSR count). The van der Waals surface area contributed by atoms with Crippen molar-refractivity contribution in [3.8, 4) is 0 Å². The van der Waals surface area contributed by atoms with E-state index in [0.717, 1.165) is 17.1 Å². The Hall–Kier alpha value is -0.250. The van der Waals surface area contributed by atoms with E-state index in [1.54, 1.807) is 0 Å². The minimum atomic E-state index is 0.650. The normalized spacial score (nSPS) is 28.8. The molecule has 1 aromatic carbocycles. The third-order valence-electron chi connectivity index (χ3n) is 4.97. The minimum Gasteiger partial charge on any atom is -0.364 e. The van der Waals surface area contributed by atoms with E-state index in [-0.39, 0.29) is 0 Å². The van der Waals surface area contributed by atoms with Gasteiger partial charge in [-0.3, -0.25) is 0 Å². The third-order valence-corrected chi connectivity index (χ3v) is 6.02. The molecule has 0 saturated carbocycles. The van der Waals surface area contributed by atoms with Gasteiger partial charge < -0.3 is 10.2 Å². The molecule has 2 heterocycles. The highest BCUT2D eigenvalue weighted by atomic mass is 79.9. The molecule has 2 aliphatic rings. The fourth-order valence-corrected chi connectivity index (χ4v) is 4.88. The number of hydrogen-bond donors (Lipinski definition) is 1. The first-order valence-electron chi connectivity index (χ1n) is 8.07. The van der Waals surface area contributed by atoms with Crippen LogP contribution in [-0.4, -0.2) is 24.7 Å². The summed E-state index contributed by atoms with van der Waals surface area (Å²) in [6, 6.07) is 6.29. The van der Waals surface area contributed by atoms with E-state index in [0.29, 0.717) is 18.1 Å². The molecule has 0 aliphatic carbocycles. The zero-order valence-corrected chi connectivity index (χ0v) is 15.2. The van der Waals surface area contributed by atoms with Crippen LogP contribution in [0.15, 0.2) is 16.6 Å². The highest BCUT2D eigenvalue weighted by Gasteiger charge is 2.38. The summed E-state index contributed by atoms with van der Waals surface area (Å²) >= 11 is 10.1. The van der Waals surface area contributed by atoms with E-state index in [1.165, 1.54) is 42.3 Å². The van der Waals surface area contributed by atoms with Crippen LogP contribution in [0.1, 0.15) is 44.6 Å². The van der Waals surface area contributed by atoms with Crippen molar-refractivity contribution in [2.45, 2.75) is 64.1 Å². The average Bonchev–Trinajstić information content (AvgIpc) is 2.42. The first kappa shape index (κ1) is 15.6. The van der Waals surface area contributed by atoms with Crippen LogP contribution in [0.2, 0.25) is 5.02 Å². The quantitative estimate of drug-likeness (QED) is 0.812. The maximum Gasteiger partial charge on any atom is 0.0530 e. The summed E-state index contributed by atoms with van der Waals surface area (Å²) in [6.07, 6.45) is 6.47. The van der Waals surface area contributed by atoms with Crippen molar-refractivity contribution in [3.63, 3.8) is 0 Å². The number of piperidine rings is 2. The molecule has 0 aromatic heterocycles. The molecule has 2 nitrogen and oxygen atoms in total. The van der Waals surface area contributed by atoms with Crippen LogP contribution in [0.25, 0.3) is 0 Å². The summed E-state index contributed by atoms with van der Waals surface area (Å²) in [7, 11) is 0. The van der Waals surface area contributed by atoms with Crippen LogP contribution in [0, 0.1) is 6.92 Å². The van der Waals surface area contributed by atoms with E-state index >= 15 is 0 Å². The SMILES string of the molecule is CCNC1CC2CCCC(C1)N2c1cc(Cl)c(C)cc1Br. The Balaban J connectivity index is 1.90. The van der Waals surface area contributed by atoms with Gasteiger partial charge in [-0.25, -0.2) is 0 Å². The summed E-state index contributed by atoms with van der Waals surface area (Å²) in [5, 5.41) is 4.53. The van der Waals surface area contributed by atoms with E-state index in [4.69, 9.17) is 11.6 Å². The van der Waals surface area contributed by atoms with Gasteiger partial charge in [-0.2, -0.15) is 0 Å². The van der Waals surface area contributed by atoms with Gasteiger partial charge in [-0.05, 0) is 79.2 Å². The molecule has 2 fully saturated rings. The van der Waals surface area contributed by atoms with Crippen molar-refractivity contribution in [2.75, 3.05) is 11.4 Å². The summed E-state index contributed by atoms with van der Waals surface area (Å²) in [5.74, 6) is 0. The van der Waals surface area contributed by atoms with Gasteiger partial charge in [0.1, 0.15) is 0 Å². The lowest BCUT2D eigenvalue weighted by Crippen LogP contribution is -2.56. The lowest BCUT2D eigenvalue weighted by atomic mass is 9.81. The Labute approximate surface area is 141 Å². The number of nitrogens with zero attached hydrogens (tertiary/aromatic N) is 1. The van der Waals surface area contributed by atoms with Gasteiger partial charge in [-0.15, -0.1) is 0 Å². The first-order chi connectivity index (χ1) is 10.1. The van der Waals surface area contributed by atoms with Gasteiger partial charge in [0.25, 0.3) is 0 Å². The van der Waals surface area contributed by atoms with Crippen molar-refractivity contribution in [1.29, 1.82) is 0 Å². The second-order valence-corrected chi connectivity index (χ2v) is 7.69. The van der Waals surface area contributed by atoms with Crippen molar-refractivity contribution in [3.05, 3.63) is 27.2 Å². The average molecular weight is 372 g/mol. The molecule has 1 aromatic rings.